The monoisotopic (exact) mass is 183 g/mol. The molecule has 2 aliphatic rings. The van der Waals surface area contributed by atoms with Crippen molar-refractivity contribution in [3.63, 3.8) is 0 Å². The smallest absolute Gasteiger partial charge is 0.322 e. The first-order valence-electron chi connectivity index (χ1n) is 4.54. The third-order valence-corrected chi connectivity index (χ3v) is 2.72. The zero-order valence-corrected chi connectivity index (χ0v) is 7.59. The van der Waals surface area contributed by atoms with Crippen LogP contribution in [0.3, 0.4) is 0 Å². The second-order valence-corrected chi connectivity index (χ2v) is 3.49. The minimum Gasteiger partial charge on any atom is -0.322 e. The molecule has 0 radical (unpaired) electrons. The molecule has 2 aliphatic heterocycles. The molecule has 2 fully saturated rings. The molecule has 5 nitrogen and oxygen atoms in total. The van der Waals surface area contributed by atoms with Crippen LogP contribution in [0.4, 0.5) is 4.79 Å². The van der Waals surface area contributed by atoms with E-state index >= 15 is 0 Å². The molecule has 0 unspecified atom stereocenters. The second-order valence-electron chi connectivity index (χ2n) is 3.49. The summed E-state index contributed by atoms with van der Waals surface area (Å²) in [4.78, 5) is 24.4. The van der Waals surface area contributed by atoms with Gasteiger partial charge in [0.2, 0.25) is 0 Å². The Labute approximate surface area is 76.5 Å². The lowest BCUT2D eigenvalue weighted by molar-refractivity contribution is -0.130. The van der Waals surface area contributed by atoms with Gasteiger partial charge in [0.1, 0.15) is 5.54 Å². The van der Waals surface area contributed by atoms with Gasteiger partial charge in [-0.1, -0.05) is 0 Å². The maximum absolute atomic E-state index is 11.8. The number of hydrogen-bond donors (Lipinski definition) is 2. The molecule has 3 amide bonds. The van der Waals surface area contributed by atoms with Crippen molar-refractivity contribution in [2.24, 2.45) is 0 Å². The maximum Gasteiger partial charge on any atom is 0.325 e. The van der Waals surface area contributed by atoms with Gasteiger partial charge in [-0.2, -0.15) is 0 Å². The van der Waals surface area contributed by atoms with Gasteiger partial charge in [-0.05, 0) is 19.9 Å². The van der Waals surface area contributed by atoms with Crippen molar-refractivity contribution in [1.82, 2.24) is 15.5 Å². The molecule has 5 heteroatoms. The summed E-state index contributed by atoms with van der Waals surface area (Å²) < 4.78 is 0. The SMILES string of the molecule is CCN1C(=O)N[C@@]2(CCNC2)C1=O. The first-order chi connectivity index (χ1) is 6.19. The molecule has 2 saturated heterocycles. The first kappa shape index (κ1) is 8.50. The molecule has 0 aromatic rings. The molecule has 72 valence electrons. The van der Waals surface area contributed by atoms with Crippen molar-refractivity contribution in [3.05, 3.63) is 0 Å². The molecule has 0 bridgehead atoms. The van der Waals surface area contributed by atoms with Crippen LogP contribution in [0, 0.1) is 0 Å². The number of carbonyl (C=O) groups is 2. The fraction of sp³-hybridized carbons (Fsp3) is 0.750. The van der Waals surface area contributed by atoms with Gasteiger partial charge in [0.05, 0.1) is 0 Å². The summed E-state index contributed by atoms with van der Waals surface area (Å²) in [6.45, 7) is 3.61. The van der Waals surface area contributed by atoms with Crippen LogP contribution < -0.4 is 10.6 Å². The van der Waals surface area contributed by atoms with Gasteiger partial charge in [-0.25, -0.2) is 4.79 Å². The molecule has 0 aliphatic carbocycles. The zero-order chi connectivity index (χ0) is 9.47. The van der Waals surface area contributed by atoms with Gasteiger partial charge in [0.25, 0.3) is 5.91 Å². The molecule has 0 saturated carbocycles. The molecule has 2 N–H and O–H groups in total. The number of hydrogen-bond acceptors (Lipinski definition) is 3. The van der Waals surface area contributed by atoms with E-state index < -0.39 is 5.54 Å². The number of rotatable bonds is 1. The highest BCUT2D eigenvalue weighted by Crippen LogP contribution is 2.23. The molecule has 2 rings (SSSR count). The highest BCUT2D eigenvalue weighted by atomic mass is 16.2. The summed E-state index contributed by atoms with van der Waals surface area (Å²) in [5.41, 5.74) is -0.632. The summed E-state index contributed by atoms with van der Waals surface area (Å²) in [5, 5.41) is 5.84. The standard InChI is InChI=1S/C8H13N3O2/c1-2-11-6(12)8(10-7(11)13)3-4-9-5-8/h9H,2-5H2,1H3,(H,10,13)/t8-/m1/s1. The van der Waals surface area contributed by atoms with Crippen molar-refractivity contribution in [2.75, 3.05) is 19.6 Å². The Morgan fingerprint density at radius 1 is 1.54 bits per heavy atom. The highest BCUT2D eigenvalue weighted by Gasteiger charge is 2.51. The second kappa shape index (κ2) is 2.70. The third-order valence-electron chi connectivity index (χ3n) is 2.72. The Balaban J connectivity index is 2.25. The normalized spacial score (nSPS) is 33.2. The molecular weight excluding hydrogens is 170 g/mol. The molecule has 2 heterocycles. The Kier molecular flexibility index (Phi) is 1.76. The highest BCUT2D eigenvalue weighted by molar-refractivity contribution is 6.07. The summed E-state index contributed by atoms with van der Waals surface area (Å²) >= 11 is 0. The minimum atomic E-state index is -0.632. The number of likely N-dealkylation sites (N-methyl/N-ethyl adjacent to an activating group) is 1. The van der Waals surface area contributed by atoms with Crippen molar-refractivity contribution in [3.8, 4) is 0 Å². The lowest BCUT2D eigenvalue weighted by Crippen LogP contribution is -2.48. The van der Waals surface area contributed by atoms with Gasteiger partial charge in [0, 0.05) is 13.1 Å². The van der Waals surface area contributed by atoms with Gasteiger partial charge in [0.15, 0.2) is 0 Å². The van der Waals surface area contributed by atoms with E-state index in [0.29, 0.717) is 19.5 Å². The third kappa shape index (κ3) is 1.03. The maximum atomic E-state index is 11.8. The van der Waals surface area contributed by atoms with Crippen molar-refractivity contribution >= 4 is 11.9 Å². The molecule has 0 aromatic carbocycles. The number of carbonyl (C=O) groups excluding carboxylic acids is 2. The topological polar surface area (TPSA) is 61.4 Å². The number of urea groups is 1. The van der Waals surface area contributed by atoms with Crippen LogP contribution in [0.5, 0.6) is 0 Å². The van der Waals surface area contributed by atoms with Crippen molar-refractivity contribution < 1.29 is 9.59 Å². The van der Waals surface area contributed by atoms with Gasteiger partial charge in [-0.3, -0.25) is 9.69 Å². The molecule has 1 atom stereocenters. The number of nitrogens with one attached hydrogen (secondary N) is 2. The largest absolute Gasteiger partial charge is 0.325 e. The summed E-state index contributed by atoms with van der Waals surface area (Å²) in [5.74, 6) is -0.0787. The van der Waals surface area contributed by atoms with Crippen LogP contribution in [-0.4, -0.2) is 42.0 Å². The van der Waals surface area contributed by atoms with E-state index in [1.807, 2.05) is 0 Å². The molecule has 0 aromatic heterocycles. The van der Waals surface area contributed by atoms with E-state index in [1.165, 1.54) is 4.90 Å². The fourth-order valence-electron chi connectivity index (χ4n) is 1.94. The first-order valence-corrected chi connectivity index (χ1v) is 4.54. The van der Waals surface area contributed by atoms with E-state index in [4.69, 9.17) is 0 Å². The van der Waals surface area contributed by atoms with Gasteiger partial charge in [-0.15, -0.1) is 0 Å². The van der Waals surface area contributed by atoms with Crippen LogP contribution in [0.1, 0.15) is 13.3 Å². The van der Waals surface area contributed by atoms with E-state index in [9.17, 15) is 9.59 Å². The van der Waals surface area contributed by atoms with Crippen molar-refractivity contribution in [2.45, 2.75) is 18.9 Å². The Morgan fingerprint density at radius 2 is 2.31 bits per heavy atom. The summed E-state index contributed by atoms with van der Waals surface area (Å²) in [7, 11) is 0. The molecule has 13 heavy (non-hydrogen) atoms. The Hall–Kier alpha value is -1.10. The fourth-order valence-corrected chi connectivity index (χ4v) is 1.94. The van der Waals surface area contributed by atoms with Crippen LogP contribution in [0.25, 0.3) is 0 Å². The lowest BCUT2D eigenvalue weighted by atomic mass is 9.99. The average Bonchev–Trinajstić information content (AvgIpc) is 2.62. The van der Waals surface area contributed by atoms with E-state index in [0.717, 1.165) is 6.54 Å². The molecule has 1 spiro atoms. The minimum absolute atomic E-state index is 0.0787. The van der Waals surface area contributed by atoms with E-state index in [1.54, 1.807) is 6.92 Å². The van der Waals surface area contributed by atoms with Crippen LogP contribution in [-0.2, 0) is 4.79 Å². The Bertz CT molecular complexity index is 258. The number of imide groups is 1. The van der Waals surface area contributed by atoms with Crippen LogP contribution >= 0.6 is 0 Å². The summed E-state index contributed by atoms with van der Waals surface area (Å²) in [6.07, 6.45) is 0.702. The van der Waals surface area contributed by atoms with E-state index in [2.05, 4.69) is 10.6 Å². The van der Waals surface area contributed by atoms with Crippen molar-refractivity contribution in [1.29, 1.82) is 0 Å². The zero-order valence-electron chi connectivity index (χ0n) is 7.59. The number of nitrogens with zero attached hydrogens (tertiary/aromatic N) is 1. The number of amides is 3. The van der Waals surface area contributed by atoms with E-state index in [-0.39, 0.29) is 11.9 Å². The predicted octanol–water partition coefficient (Wildman–Crippen LogP) is -0.710. The summed E-state index contributed by atoms with van der Waals surface area (Å²) in [6, 6.07) is -0.254. The van der Waals surface area contributed by atoms with Crippen LogP contribution in [0.15, 0.2) is 0 Å². The predicted molar refractivity (Wildman–Crippen MR) is 46.1 cm³/mol. The van der Waals surface area contributed by atoms with Gasteiger partial charge >= 0.3 is 6.03 Å². The van der Waals surface area contributed by atoms with Crippen LogP contribution in [0.2, 0.25) is 0 Å². The average molecular weight is 183 g/mol. The molecular formula is C8H13N3O2. The Morgan fingerprint density at radius 3 is 2.77 bits per heavy atom. The van der Waals surface area contributed by atoms with Gasteiger partial charge < -0.3 is 10.6 Å². The quantitative estimate of drug-likeness (QED) is 0.528. The lowest BCUT2D eigenvalue weighted by Gasteiger charge is -2.18.